The fraction of sp³-hybridized carbons (Fsp3) is 0.143. The van der Waals surface area contributed by atoms with Gasteiger partial charge in [-0.1, -0.05) is 191 Å². The molecule has 10 aromatic rings. The molecule has 0 aliphatic carbocycles. The van der Waals surface area contributed by atoms with Crippen LogP contribution >= 0.6 is 0 Å². The monoisotopic (exact) mass is 1070 g/mol. The summed E-state index contributed by atoms with van der Waals surface area (Å²) in [6.45, 7) is -2.48. The molecule has 8 aromatic carbocycles. The molecule has 4 nitrogen and oxygen atoms in total. The fourth-order valence-corrected chi connectivity index (χ4v) is 9.08. The number of imidazole rings is 1. The van der Waals surface area contributed by atoms with Gasteiger partial charge in [-0.05, 0) is 111 Å². The van der Waals surface area contributed by atoms with E-state index in [0.717, 1.165) is 61.3 Å². The maximum atomic E-state index is 12.0. The Balaban J connectivity index is 0.00000740. The molecule has 0 amide bonds. The number of aromatic nitrogens is 3. The van der Waals surface area contributed by atoms with E-state index in [9.17, 15) is 6.48 Å². The van der Waals surface area contributed by atoms with Gasteiger partial charge in [-0.25, -0.2) is 4.98 Å². The van der Waals surface area contributed by atoms with Crippen LogP contribution < -0.4 is 0 Å². The van der Waals surface area contributed by atoms with E-state index in [2.05, 4.69) is 53.1 Å². The molecule has 5 heteroatoms. The SMILES string of the molecule is [2H]C(C)(C)c1cc(-c2ccccc2)c(-n2c(-c3cc(C)cc(C)c3O)nc3c(-c4[c-]c(-c5cc(-c6ccc(C(C([2H])([2H])[2H])(C([2H])([2H])[2H])C([2H])([2H])[2H])cc6)ccn5)cc(-c5ccccc5)c4)cccc32)cc1-c1ccccc1.[Pt]. The Morgan fingerprint density at radius 3 is 1.88 bits per heavy atom. The van der Waals surface area contributed by atoms with Gasteiger partial charge in [-0.3, -0.25) is 9.55 Å². The van der Waals surface area contributed by atoms with Gasteiger partial charge in [0.2, 0.25) is 0 Å². The summed E-state index contributed by atoms with van der Waals surface area (Å²) in [5.41, 5.74) is 11.1. The average Bonchev–Trinajstić information content (AvgIpc) is 3.87. The molecule has 0 aliphatic heterocycles. The summed E-state index contributed by atoms with van der Waals surface area (Å²) in [6.07, 6.45) is 1.64. The summed E-state index contributed by atoms with van der Waals surface area (Å²) in [7, 11) is 0. The number of phenolic OH excluding ortho intramolecular Hbond substituents is 1. The largest absolute Gasteiger partial charge is 0.507 e. The number of phenols is 1. The van der Waals surface area contributed by atoms with Gasteiger partial charge in [-0.15, -0.1) is 23.8 Å². The van der Waals surface area contributed by atoms with E-state index in [4.69, 9.17) is 22.3 Å². The van der Waals surface area contributed by atoms with Gasteiger partial charge < -0.3 is 5.11 Å². The van der Waals surface area contributed by atoms with Crippen molar-refractivity contribution in [3.8, 4) is 89.7 Å². The Bertz CT molecular complexity index is 3790. The Labute approximate surface area is 429 Å². The minimum absolute atomic E-state index is 0. The number of benzene rings is 8. The van der Waals surface area contributed by atoms with Gasteiger partial charge in [-0.2, -0.15) is 0 Å². The molecule has 0 spiro atoms. The zero-order valence-corrected chi connectivity index (χ0v) is 40.3. The molecular weight excluding hydrogens is 1010 g/mol. The van der Waals surface area contributed by atoms with E-state index in [0.29, 0.717) is 50.4 Å². The number of hydrogen-bond acceptors (Lipinski definition) is 3. The second kappa shape index (κ2) is 18.9. The first kappa shape index (κ1) is 35.1. The maximum Gasteiger partial charge on any atom is 0.148 e. The average molecular weight is 1070 g/mol. The van der Waals surface area contributed by atoms with Crippen LogP contribution in [0.4, 0.5) is 0 Å². The Kier molecular flexibility index (Phi) is 9.73. The van der Waals surface area contributed by atoms with Gasteiger partial charge in [0.25, 0.3) is 0 Å². The van der Waals surface area contributed by atoms with Crippen LogP contribution in [0.1, 0.15) is 76.3 Å². The van der Waals surface area contributed by atoms with Crippen LogP contribution in [-0.4, -0.2) is 19.6 Å². The summed E-state index contributed by atoms with van der Waals surface area (Å²) in [4.78, 5) is 10.4. The van der Waals surface area contributed by atoms with Crippen molar-refractivity contribution in [1.82, 2.24) is 14.5 Å². The van der Waals surface area contributed by atoms with E-state index < -0.39 is 31.9 Å². The van der Waals surface area contributed by atoms with Crippen LogP contribution in [0, 0.1) is 19.9 Å². The second-order valence-electron chi connectivity index (χ2n) is 17.4. The van der Waals surface area contributed by atoms with Crippen LogP contribution in [0.2, 0.25) is 0 Å². The van der Waals surface area contributed by atoms with E-state index in [1.165, 1.54) is 24.3 Å². The molecule has 10 rings (SSSR count). The first-order valence-corrected chi connectivity index (χ1v) is 22.3. The van der Waals surface area contributed by atoms with Crippen LogP contribution in [0.3, 0.4) is 0 Å². The second-order valence-corrected chi connectivity index (χ2v) is 17.4. The Hall–Kier alpha value is -7.13. The van der Waals surface area contributed by atoms with Crippen molar-refractivity contribution < 1.29 is 39.9 Å². The third-order valence-electron chi connectivity index (χ3n) is 12.4. The summed E-state index contributed by atoms with van der Waals surface area (Å²) >= 11 is 0. The Morgan fingerprint density at radius 2 is 1.22 bits per heavy atom. The zero-order valence-electron chi connectivity index (χ0n) is 48.0. The first-order chi connectivity index (χ1) is 36.5. The quantitative estimate of drug-likeness (QED) is 0.147. The molecule has 2 heterocycles. The van der Waals surface area contributed by atoms with Crippen molar-refractivity contribution in [3.63, 3.8) is 0 Å². The molecule has 68 heavy (non-hydrogen) atoms. The smallest absolute Gasteiger partial charge is 0.148 e. The number of pyridine rings is 1. The van der Waals surface area contributed by atoms with Crippen LogP contribution in [0.15, 0.2) is 188 Å². The molecule has 0 radical (unpaired) electrons. The predicted molar refractivity (Wildman–Crippen MR) is 280 cm³/mol. The van der Waals surface area contributed by atoms with Gasteiger partial charge in [0.15, 0.2) is 0 Å². The number of hydrogen-bond donors (Lipinski definition) is 1. The predicted octanol–water partition coefficient (Wildman–Crippen LogP) is 16.6. The molecule has 0 saturated heterocycles. The fourth-order valence-electron chi connectivity index (χ4n) is 9.08. The molecule has 338 valence electrons. The summed E-state index contributed by atoms with van der Waals surface area (Å²) in [5, 5.41) is 12.0. The number of aryl methyl sites for hydroxylation is 2. The van der Waals surface area contributed by atoms with Gasteiger partial charge in [0.1, 0.15) is 11.6 Å². The molecule has 0 saturated carbocycles. The maximum absolute atomic E-state index is 12.0. The third kappa shape index (κ3) is 8.90. The molecule has 0 fully saturated rings. The number of aromatic hydroxyl groups is 1. The van der Waals surface area contributed by atoms with Crippen molar-refractivity contribution >= 4 is 11.0 Å². The van der Waals surface area contributed by atoms with E-state index in [1.807, 2.05) is 137 Å². The molecule has 0 atom stereocenters. The molecule has 2 aromatic heterocycles. The minimum Gasteiger partial charge on any atom is -0.507 e. The summed E-state index contributed by atoms with van der Waals surface area (Å²) in [6, 6.07) is 61.4. The van der Waals surface area contributed by atoms with Gasteiger partial charge in [0.05, 0.1) is 22.3 Å². The number of para-hydroxylation sites is 1. The molecule has 0 bridgehead atoms. The molecule has 0 aliphatic rings. The van der Waals surface area contributed by atoms with Gasteiger partial charge >= 0.3 is 0 Å². The summed E-state index contributed by atoms with van der Waals surface area (Å²) < 4.78 is 85.6. The van der Waals surface area contributed by atoms with Crippen LogP contribution in [-0.2, 0) is 26.5 Å². The van der Waals surface area contributed by atoms with E-state index in [-0.39, 0.29) is 32.4 Å². The first-order valence-electron chi connectivity index (χ1n) is 27.3. The number of fused-ring (bicyclic) bond motifs is 1. The normalized spacial score (nSPS) is 14.4. The van der Waals surface area contributed by atoms with Crippen LogP contribution in [0.25, 0.3) is 95.0 Å². The molecular formula is C63H54N3OPt-. The van der Waals surface area contributed by atoms with Gasteiger partial charge in [0, 0.05) is 52.2 Å². The Morgan fingerprint density at radius 1 is 0.588 bits per heavy atom. The standard InChI is InChI=1S/C63H54N3O.Pt/c1-40(2)53-38-55(46-22-15-10-16-23-46)59(39-54(53)45-20-13-9-14-21-45)66-58-25-17-24-52(60(58)65-62(66)56-33-41(3)32-42(4)61(56)67)49-34-48(43-18-11-8-12-19-43)35-50(36-49)57-37-47(30-31-64-57)44-26-28-51(29-27-44)63(5,6)7;/h8-35,37-40,67H,1-7H3;/q-1;/i5D3,6D3,7D3,40D;. The zero-order chi connectivity index (χ0) is 54.8. The molecule has 0 unspecified atom stereocenters. The van der Waals surface area contributed by atoms with Crippen molar-refractivity contribution in [2.45, 2.75) is 59.6 Å². The number of nitrogens with zero attached hydrogens (tertiary/aromatic N) is 3. The third-order valence-corrected chi connectivity index (χ3v) is 12.4. The summed E-state index contributed by atoms with van der Waals surface area (Å²) in [5.74, 6) is -0.368. The topological polar surface area (TPSA) is 50.9 Å². The van der Waals surface area contributed by atoms with Crippen molar-refractivity contribution in [1.29, 1.82) is 0 Å². The molecule has 1 N–H and O–H groups in total. The van der Waals surface area contributed by atoms with Crippen LogP contribution in [0.5, 0.6) is 5.75 Å². The van der Waals surface area contributed by atoms with Crippen molar-refractivity contribution in [2.75, 3.05) is 0 Å². The van der Waals surface area contributed by atoms with Crippen molar-refractivity contribution in [3.05, 3.63) is 217 Å². The van der Waals surface area contributed by atoms with E-state index >= 15 is 0 Å². The van der Waals surface area contributed by atoms with Crippen molar-refractivity contribution in [2.24, 2.45) is 0 Å². The van der Waals surface area contributed by atoms with E-state index in [1.54, 1.807) is 12.3 Å². The number of rotatable bonds is 9. The minimum atomic E-state index is -3.39.